The number of aromatic amines is 1. The van der Waals surface area contributed by atoms with Gasteiger partial charge in [0.2, 0.25) is 0 Å². The number of halogens is 3. The number of rotatable bonds is 6. The van der Waals surface area contributed by atoms with Crippen LogP contribution in [0.25, 0.3) is 11.4 Å². The van der Waals surface area contributed by atoms with Gasteiger partial charge in [-0.05, 0) is 19.1 Å². The molecule has 0 aliphatic carbocycles. The Bertz CT molecular complexity index is 943. The Balaban J connectivity index is 1.83. The number of pyridine rings is 1. The summed E-state index contributed by atoms with van der Waals surface area (Å²) in [5.41, 5.74) is 1.55. The van der Waals surface area contributed by atoms with E-state index in [-0.39, 0.29) is 11.5 Å². The minimum Gasteiger partial charge on any atom is -0.484 e. The molecule has 1 unspecified atom stereocenters. The van der Waals surface area contributed by atoms with E-state index in [0.717, 1.165) is 0 Å². The van der Waals surface area contributed by atoms with E-state index < -0.39 is 23.6 Å². The van der Waals surface area contributed by atoms with Crippen molar-refractivity contribution in [3.05, 3.63) is 60.2 Å². The number of H-pyrrole nitrogens is 1. The first-order chi connectivity index (χ1) is 12.8. The summed E-state index contributed by atoms with van der Waals surface area (Å²) in [6, 6.07) is 8.48. The second-order valence-electron chi connectivity index (χ2n) is 5.71. The van der Waals surface area contributed by atoms with Crippen molar-refractivity contribution in [1.82, 2.24) is 15.0 Å². The van der Waals surface area contributed by atoms with Crippen molar-refractivity contribution >= 4 is 10.8 Å². The molecule has 0 amide bonds. The molecule has 1 N–H and O–H groups in total. The van der Waals surface area contributed by atoms with Crippen molar-refractivity contribution in [2.75, 3.05) is 6.61 Å². The van der Waals surface area contributed by atoms with Crippen molar-refractivity contribution in [3.63, 3.8) is 0 Å². The third kappa shape index (κ3) is 4.73. The average molecular weight is 395 g/mol. The van der Waals surface area contributed by atoms with Crippen LogP contribution in [0.5, 0.6) is 5.75 Å². The predicted molar refractivity (Wildman–Crippen MR) is 94.7 cm³/mol. The Morgan fingerprint density at radius 1 is 1.15 bits per heavy atom. The Kier molecular flexibility index (Phi) is 5.59. The molecule has 3 aromatic rings. The molecule has 0 aliphatic heterocycles. The van der Waals surface area contributed by atoms with Crippen LogP contribution in [0.2, 0.25) is 0 Å². The summed E-state index contributed by atoms with van der Waals surface area (Å²) in [5, 5.41) is 0. The van der Waals surface area contributed by atoms with E-state index in [1.165, 1.54) is 12.3 Å². The van der Waals surface area contributed by atoms with Crippen molar-refractivity contribution in [2.45, 2.75) is 23.7 Å². The fraction of sp³-hybridized carbons (Fsp3) is 0.222. The van der Waals surface area contributed by atoms with Gasteiger partial charge in [-0.2, -0.15) is 13.2 Å². The van der Waals surface area contributed by atoms with Gasteiger partial charge in [0.1, 0.15) is 11.6 Å². The van der Waals surface area contributed by atoms with Crippen LogP contribution in [0, 0.1) is 6.92 Å². The van der Waals surface area contributed by atoms with E-state index in [9.17, 15) is 17.4 Å². The molecule has 0 bridgehead atoms. The van der Waals surface area contributed by atoms with Gasteiger partial charge in [0.15, 0.2) is 6.61 Å². The molecule has 1 aromatic carbocycles. The highest BCUT2D eigenvalue weighted by Gasteiger charge is 2.29. The average Bonchev–Trinajstić information content (AvgIpc) is 3.16. The van der Waals surface area contributed by atoms with Gasteiger partial charge in [0.25, 0.3) is 0 Å². The van der Waals surface area contributed by atoms with Crippen molar-refractivity contribution in [3.8, 4) is 17.1 Å². The lowest BCUT2D eigenvalue weighted by molar-refractivity contribution is -0.153. The number of ether oxygens (including phenoxy) is 1. The fourth-order valence-electron chi connectivity index (χ4n) is 2.50. The van der Waals surface area contributed by atoms with Crippen LogP contribution in [0.3, 0.4) is 0 Å². The first-order valence-electron chi connectivity index (χ1n) is 7.96. The maximum Gasteiger partial charge on any atom is 0.422 e. The van der Waals surface area contributed by atoms with Crippen LogP contribution in [0.4, 0.5) is 13.2 Å². The fourth-order valence-corrected chi connectivity index (χ4v) is 3.83. The van der Waals surface area contributed by atoms with Gasteiger partial charge >= 0.3 is 6.18 Å². The van der Waals surface area contributed by atoms with Gasteiger partial charge in [-0.1, -0.05) is 18.2 Å². The van der Waals surface area contributed by atoms with E-state index in [4.69, 9.17) is 4.74 Å². The standard InChI is InChI=1S/C18H16F3N3O2S/c1-12-14(22-7-6-15(12)26-11-18(19,20)21)10-27(25)16-5-3-2-4-13(16)17-23-8-9-24-17/h2-9H,10-11H2,1H3,(H,23,24). The molecule has 3 rings (SSSR count). The molecule has 0 radical (unpaired) electrons. The summed E-state index contributed by atoms with van der Waals surface area (Å²) >= 11 is 0. The molecule has 5 nitrogen and oxygen atoms in total. The van der Waals surface area contributed by atoms with Crippen LogP contribution in [-0.2, 0) is 16.6 Å². The number of hydrogen-bond donors (Lipinski definition) is 1. The minimum absolute atomic E-state index is 0.0484. The van der Waals surface area contributed by atoms with Crippen LogP contribution in [0.15, 0.2) is 53.8 Å². The topological polar surface area (TPSA) is 67.9 Å². The number of alkyl halides is 3. The van der Waals surface area contributed by atoms with E-state index in [2.05, 4.69) is 15.0 Å². The summed E-state index contributed by atoms with van der Waals surface area (Å²) in [7, 11) is -1.47. The van der Waals surface area contributed by atoms with E-state index in [0.29, 0.717) is 27.5 Å². The normalized spacial score (nSPS) is 12.7. The molecular formula is C18H16F3N3O2S. The largest absolute Gasteiger partial charge is 0.484 e. The summed E-state index contributed by atoms with van der Waals surface area (Å²) < 4.78 is 54.9. The molecule has 0 saturated heterocycles. The molecular weight excluding hydrogens is 379 g/mol. The van der Waals surface area contributed by atoms with Crippen LogP contribution in [-0.4, -0.2) is 31.9 Å². The third-order valence-corrected chi connectivity index (χ3v) is 5.19. The smallest absolute Gasteiger partial charge is 0.422 e. The van der Waals surface area contributed by atoms with E-state index in [1.807, 2.05) is 6.07 Å². The molecule has 2 heterocycles. The highest BCUT2D eigenvalue weighted by atomic mass is 32.2. The summed E-state index contributed by atoms with van der Waals surface area (Å²) in [6.45, 7) is 0.214. The van der Waals surface area contributed by atoms with Gasteiger partial charge in [-0.25, -0.2) is 4.98 Å². The summed E-state index contributed by atoms with van der Waals surface area (Å²) in [4.78, 5) is 11.9. The van der Waals surface area contributed by atoms with Gasteiger partial charge < -0.3 is 9.72 Å². The maximum absolute atomic E-state index is 12.9. The number of imidazole rings is 1. The molecule has 142 valence electrons. The monoisotopic (exact) mass is 395 g/mol. The number of nitrogens with zero attached hydrogens (tertiary/aromatic N) is 2. The second-order valence-corrected chi connectivity index (χ2v) is 7.13. The van der Waals surface area contributed by atoms with E-state index >= 15 is 0 Å². The molecule has 9 heteroatoms. The second kappa shape index (κ2) is 7.91. The molecule has 1 atom stereocenters. The zero-order valence-electron chi connectivity index (χ0n) is 14.3. The lowest BCUT2D eigenvalue weighted by Crippen LogP contribution is -2.19. The predicted octanol–water partition coefficient (Wildman–Crippen LogP) is 4.03. The Morgan fingerprint density at radius 2 is 1.93 bits per heavy atom. The molecule has 0 saturated carbocycles. The Labute approximate surface area is 156 Å². The summed E-state index contributed by atoms with van der Waals surface area (Å²) in [6.07, 6.45) is 0.189. The van der Waals surface area contributed by atoms with Crippen molar-refractivity contribution in [2.24, 2.45) is 0 Å². The third-order valence-electron chi connectivity index (χ3n) is 3.80. The zero-order valence-corrected chi connectivity index (χ0v) is 15.1. The first-order valence-corrected chi connectivity index (χ1v) is 9.28. The maximum atomic E-state index is 12.9. The highest BCUT2D eigenvalue weighted by molar-refractivity contribution is 7.84. The molecule has 0 spiro atoms. The number of aromatic nitrogens is 3. The Hall–Kier alpha value is -2.68. The lowest BCUT2D eigenvalue weighted by Gasteiger charge is -2.14. The van der Waals surface area contributed by atoms with Crippen LogP contribution < -0.4 is 4.74 Å². The van der Waals surface area contributed by atoms with Crippen LogP contribution in [0.1, 0.15) is 11.3 Å². The number of nitrogens with one attached hydrogen (secondary N) is 1. The molecule has 27 heavy (non-hydrogen) atoms. The van der Waals surface area contributed by atoms with Crippen molar-refractivity contribution < 1.29 is 22.1 Å². The lowest BCUT2D eigenvalue weighted by atomic mass is 10.2. The van der Waals surface area contributed by atoms with Gasteiger partial charge in [0, 0.05) is 29.7 Å². The quantitative estimate of drug-likeness (QED) is 0.684. The minimum atomic E-state index is -4.43. The number of hydrogen-bond acceptors (Lipinski definition) is 4. The molecule has 0 fully saturated rings. The number of benzene rings is 1. The van der Waals surface area contributed by atoms with Gasteiger partial charge in [0.05, 0.1) is 27.1 Å². The summed E-state index contributed by atoms with van der Waals surface area (Å²) in [5.74, 6) is 0.715. The van der Waals surface area contributed by atoms with Crippen molar-refractivity contribution in [1.29, 1.82) is 0 Å². The SMILES string of the molecule is Cc1c(OCC(F)(F)F)ccnc1CS(=O)c1ccccc1-c1ncc[nH]1. The molecule has 2 aromatic heterocycles. The zero-order chi connectivity index (χ0) is 19.4. The Morgan fingerprint density at radius 3 is 2.63 bits per heavy atom. The van der Waals surface area contributed by atoms with Crippen LogP contribution >= 0.6 is 0 Å². The highest BCUT2D eigenvalue weighted by Crippen LogP contribution is 2.27. The van der Waals surface area contributed by atoms with Gasteiger partial charge in [-0.3, -0.25) is 9.19 Å². The first kappa shape index (κ1) is 19.1. The van der Waals surface area contributed by atoms with Gasteiger partial charge in [-0.15, -0.1) is 0 Å². The molecule has 0 aliphatic rings. The van der Waals surface area contributed by atoms with E-state index in [1.54, 1.807) is 37.5 Å².